The number of carbonyl (C=O) groups is 2. The zero-order chi connectivity index (χ0) is 32.8. The van der Waals surface area contributed by atoms with E-state index in [0.29, 0.717) is 64.6 Å². The average Bonchev–Trinajstić information content (AvgIpc) is 3.39. The minimum absolute atomic E-state index is 0.00502. The molecule has 5 aromatic rings. The van der Waals surface area contributed by atoms with E-state index in [4.69, 9.17) is 26.9 Å². The molecule has 7 N–H and O–H groups in total. The fraction of sp³-hybridized carbons (Fsp3) is 0.222. The highest BCUT2D eigenvalue weighted by Gasteiger charge is 2.25. The van der Waals surface area contributed by atoms with Crippen LogP contribution in [0.25, 0.3) is 22.4 Å². The summed E-state index contributed by atoms with van der Waals surface area (Å²) in [5, 5.41) is 2.97. The number of nitrogens with one attached hydrogen (secondary N) is 1. The molecule has 236 valence electrons. The van der Waals surface area contributed by atoms with Gasteiger partial charge in [0.1, 0.15) is 23.4 Å². The molecule has 4 aromatic carbocycles. The Morgan fingerprint density at radius 1 is 0.891 bits per heavy atom. The van der Waals surface area contributed by atoms with Gasteiger partial charge in [0.15, 0.2) is 5.96 Å². The van der Waals surface area contributed by atoms with Crippen molar-refractivity contribution in [2.75, 3.05) is 11.9 Å². The zero-order valence-corrected chi connectivity index (χ0v) is 26.2. The van der Waals surface area contributed by atoms with Crippen molar-refractivity contribution in [1.29, 1.82) is 0 Å². The van der Waals surface area contributed by atoms with E-state index in [2.05, 4.69) is 31.1 Å². The molecule has 10 nitrogen and oxygen atoms in total. The molecule has 0 saturated heterocycles. The Kier molecular flexibility index (Phi) is 9.37. The highest BCUT2D eigenvalue weighted by atomic mass is 16.5. The van der Waals surface area contributed by atoms with Crippen LogP contribution in [0.4, 0.5) is 5.69 Å². The van der Waals surface area contributed by atoms with Gasteiger partial charge in [0, 0.05) is 23.4 Å². The number of hydrogen-bond acceptors (Lipinski definition) is 5. The summed E-state index contributed by atoms with van der Waals surface area (Å²) in [7, 11) is 0. The smallest absolute Gasteiger partial charge is 0.255 e. The molecular weight excluding hydrogens is 578 g/mol. The number of guanidine groups is 1. The third-order valence-electron chi connectivity index (χ3n) is 7.60. The molecule has 10 heteroatoms. The summed E-state index contributed by atoms with van der Waals surface area (Å²) in [6, 6.07) is 29.2. The number of carbonyl (C=O) groups excluding carboxylic acids is 2. The van der Waals surface area contributed by atoms with Crippen LogP contribution in [0.1, 0.15) is 55.6 Å². The minimum Gasteiger partial charge on any atom is -0.457 e. The molecule has 0 aliphatic carbocycles. The highest BCUT2D eigenvalue weighted by molar-refractivity contribution is 6.06. The van der Waals surface area contributed by atoms with Crippen LogP contribution in [0.5, 0.6) is 11.5 Å². The number of fused-ring (bicyclic) bond motifs is 1. The molecule has 0 spiro atoms. The SMILES string of the molecule is CC(C)(C)c1ccc(NC(=O)c2ccc3c(c2)nc(-c2cccc(Oc4ccccc4)c2)n3[C@@H](CCCN=C(N)N)C(N)=O)cc1. The molecule has 0 saturated carbocycles. The third kappa shape index (κ3) is 7.52. The van der Waals surface area contributed by atoms with Gasteiger partial charge < -0.3 is 31.8 Å². The summed E-state index contributed by atoms with van der Waals surface area (Å²) in [4.78, 5) is 35.2. The molecule has 1 heterocycles. The summed E-state index contributed by atoms with van der Waals surface area (Å²) in [5.74, 6) is 0.978. The summed E-state index contributed by atoms with van der Waals surface area (Å²) < 4.78 is 7.90. The van der Waals surface area contributed by atoms with Crippen molar-refractivity contribution in [3.63, 3.8) is 0 Å². The van der Waals surface area contributed by atoms with E-state index in [9.17, 15) is 9.59 Å². The number of rotatable bonds is 11. The molecule has 1 aromatic heterocycles. The largest absolute Gasteiger partial charge is 0.457 e. The van der Waals surface area contributed by atoms with E-state index in [0.717, 1.165) is 0 Å². The number of anilines is 1. The molecule has 0 aliphatic heterocycles. The first-order valence-electron chi connectivity index (χ1n) is 15.1. The molecule has 0 unspecified atom stereocenters. The van der Waals surface area contributed by atoms with Gasteiger partial charge in [-0.1, -0.05) is 63.2 Å². The van der Waals surface area contributed by atoms with Crippen LogP contribution >= 0.6 is 0 Å². The van der Waals surface area contributed by atoms with Crippen LogP contribution in [-0.2, 0) is 10.2 Å². The lowest BCUT2D eigenvalue weighted by molar-refractivity contribution is -0.121. The number of imidazole rings is 1. The number of para-hydroxylation sites is 1. The van der Waals surface area contributed by atoms with E-state index in [1.54, 1.807) is 18.2 Å². The Labute approximate surface area is 268 Å². The molecule has 0 aliphatic rings. The Balaban J connectivity index is 1.52. The van der Waals surface area contributed by atoms with Gasteiger partial charge in [-0.05, 0) is 78.4 Å². The first kappa shape index (κ1) is 31.8. The molecule has 0 radical (unpaired) electrons. The Bertz CT molecular complexity index is 1870. The lowest BCUT2D eigenvalue weighted by Crippen LogP contribution is -2.27. The van der Waals surface area contributed by atoms with Crippen LogP contribution in [0.15, 0.2) is 102 Å². The number of primary amides is 1. The van der Waals surface area contributed by atoms with Gasteiger partial charge in [0.05, 0.1) is 11.0 Å². The maximum atomic E-state index is 13.3. The second kappa shape index (κ2) is 13.6. The molecule has 46 heavy (non-hydrogen) atoms. The van der Waals surface area contributed by atoms with Gasteiger partial charge in [-0.3, -0.25) is 14.6 Å². The summed E-state index contributed by atoms with van der Waals surface area (Å²) in [6.07, 6.45) is 0.883. The van der Waals surface area contributed by atoms with Crippen molar-refractivity contribution in [2.24, 2.45) is 22.2 Å². The normalized spacial score (nSPS) is 12.0. The number of hydrogen-bond donors (Lipinski definition) is 4. The Hall–Kier alpha value is -5.64. The number of aromatic nitrogens is 2. The lowest BCUT2D eigenvalue weighted by atomic mass is 9.87. The lowest BCUT2D eigenvalue weighted by Gasteiger charge is -2.19. The molecular formula is C36H39N7O3. The monoisotopic (exact) mass is 617 g/mol. The van der Waals surface area contributed by atoms with Crippen molar-refractivity contribution in [3.8, 4) is 22.9 Å². The average molecular weight is 618 g/mol. The van der Waals surface area contributed by atoms with E-state index in [1.807, 2.05) is 83.4 Å². The first-order valence-corrected chi connectivity index (χ1v) is 15.1. The van der Waals surface area contributed by atoms with Crippen molar-refractivity contribution in [3.05, 3.63) is 108 Å². The predicted molar refractivity (Wildman–Crippen MR) is 183 cm³/mol. The number of amides is 2. The van der Waals surface area contributed by atoms with Gasteiger partial charge >= 0.3 is 0 Å². The van der Waals surface area contributed by atoms with Crippen LogP contribution in [0.2, 0.25) is 0 Å². The Morgan fingerprint density at radius 2 is 1.61 bits per heavy atom. The van der Waals surface area contributed by atoms with Crippen molar-refractivity contribution in [1.82, 2.24) is 9.55 Å². The second-order valence-corrected chi connectivity index (χ2v) is 12.1. The summed E-state index contributed by atoms with van der Waals surface area (Å²) in [5.41, 5.74) is 21.2. The van der Waals surface area contributed by atoms with Gasteiger partial charge in [0.2, 0.25) is 5.91 Å². The quantitative estimate of drug-likeness (QED) is 0.0792. The zero-order valence-electron chi connectivity index (χ0n) is 26.2. The standard InChI is InChI=1S/C36H39N7O3/c1-36(2,3)25-15-17-26(18-16-25)41-34(45)24-14-19-30-29(22-24)42-33(43(30)31(32(37)44)13-8-20-40-35(38)39)23-9-7-12-28(21-23)46-27-10-5-4-6-11-27/h4-7,9-12,14-19,21-22,31H,8,13,20H2,1-3H3,(H2,37,44)(H,41,45)(H4,38,39,40)/t31-/m0/s1. The Morgan fingerprint density at radius 3 is 2.28 bits per heavy atom. The van der Waals surface area contributed by atoms with Crippen LogP contribution in [-0.4, -0.2) is 33.9 Å². The second-order valence-electron chi connectivity index (χ2n) is 12.1. The summed E-state index contributed by atoms with van der Waals surface area (Å²) >= 11 is 0. The topological polar surface area (TPSA) is 164 Å². The van der Waals surface area contributed by atoms with E-state index < -0.39 is 11.9 Å². The summed E-state index contributed by atoms with van der Waals surface area (Å²) in [6.45, 7) is 6.77. The molecule has 0 bridgehead atoms. The molecule has 1 atom stereocenters. The number of benzene rings is 4. The van der Waals surface area contributed by atoms with Gasteiger partial charge in [0.25, 0.3) is 5.91 Å². The fourth-order valence-corrected chi connectivity index (χ4v) is 5.23. The van der Waals surface area contributed by atoms with E-state index in [1.165, 1.54) is 5.56 Å². The number of nitrogens with zero attached hydrogens (tertiary/aromatic N) is 3. The van der Waals surface area contributed by atoms with Gasteiger partial charge in [-0.2, -0.15) is 0 Å². The molecule has 0 fully saturated rings. The number of aliphatic imine (C=N–C) groups is 1. The van der Waals surface area contributed by atoms with E-state index in [-0.39, 0.29) is 17.3 Å². The molecule has 2 amide bonds. The van der Waals surface area contributed by atoms with Crippen LogP contribution in [0, 0.1) is 0 Å². The maximum absolute atomic E-state index is 13.3. The van der Waals surface area contributed by atoms with E-state index >= 15 is 0 Å². The van der Waals surface area contributed by atoms with Crippen LogP contribution in [0.3, 0.4) is 0 Å². The van der Waals surface area contributed by atoms with Gasteiger partial charge in [-0.25, -0.2) is 4.98 Å². The van der Waals surface area contributed by atoms with Crippen LogP contribution < -0.4 is 27.3 Å². The maximum Gasteiger partial charge on any atom is 0.255 e. The van der Waals surface area contributed by atoms with Crippen molar-refractivity contribution < 1.29 is 14.3 Å². The van der Waals surface area contributed by atoms with Crippen molar-refractivity contribution >= 4 is 34.5 Å². The number of ether oxygens (including phenoxy) is 1. The fourth-order valence-electron chi connectivity index (χ4n) is 5.23. The minimum atomic E-state index is -0.756. The highest BCUT2D eigenvalue weighted by Crippen LogP contribution is 2.34. The van der Waals surface area contributed by atoms with Crippen molar-refractivity contribution in [2.45, 2.75) is 45.1 Å². The predicted octanol–water partition coefficient (Wildman–Crippen LogP) is 6.13. The molecule has 5 rings (SSSR count). The van der Waals surface area contributed by atoms with Gasteiger partial charge in [-0.15, -0.1) is 0 Å². The first-order chi connectivity index (χ1) is 22.0. The number of nitrogens with two attached hydrogens (primary N) is 3. The third-order valence-corrected chi connectivity index (χ3v) is 7.60.